The normalized spacial score (nSPS) is 12.0. The number of anilines is 1. The van der Waals surface area contributed by atoms with Crippen LogP contribution in [0.1, 0.15) is 0 Å². The molecule has 3 heterocycles. The number of fused-ring (bicyclic) bond motifs is 1. The highest BCUT2D eigenvalue weighted by atomic mass is 32.3. The lowest BCUT2D eigenvalue weighted by Gasteiger charge is -2.25. The summed E-state index contributed by atoms with van der Waals surface area (Å²) in [6, 6.07) is 20.0. The molecule has 3 aromatic carbocycles. The fraction of sp³-hybridized carbons (Fsp3) is 0.0714. The maximum atomic E-state index is 14.1. The topological polar surface area (TPSA) is 133 Å². The largest absolute Gasteiger partial charge is 0.279 e. The minimum Gasteiger partial charge on any atom is -0.275 e. The summed E-state index contributed by atoms with van der Waals surface area (Å²) in [5, 5.41) is 8.46. The molecular weight excluding hydrogens is 562 g/mol. The zero-order chi connectivity index (χ0) is 28.8. The van der Waals surface area contributed by atoms with Crippen molar-refractivity contribution in [3.63, 3.8) is 0 Å². The van der Waals surface area contributed by atoms with Gasteiger partial charge in [-0.3, -0.25) is 14.3 Å². The third kappa shape index (κ3) is 4.64. The first-order valence-corrected chi connectivity index (χ1v) is 15.2. The van der Waals surface area contributed by atoms with Crippen LogP contribution in [0.4, 0.5) is 5.82 Å². The molecule has 41 heavy (non-hydrogen) atoms. The van der Waals surface area contributed by atoms with Crippen molar-refractivity contribution in [2.24, 2.45) is 14.1 Å². The van der Waals surface area contributed by atoms with Gasteiger partial charge in [0.1, 0.15) is 0 Å². The Balaban J connectivity index is 1.56. The average molecular weight is 586 g/mol. The average Bonchev–Trinajstić information content (AvgIpc) is 3.58. The van der Waals surface area contributed by atoms with Crippen molar-refractivity contribution in [1.29, 1.82) is 0 Å². The van der Waals surface area contributed by atoms with Crippen molar-refractivity contribution in [2.45, 2.75) is 9.79 Å². The number of benzene rings is 3. The minimum atomic E-state index is -4.62. The van der Waals surface area contributed by atoms with Gasteiger partial charge in [0.25, 0.3) is 20.0 Å². The second kappa shape index (κ2) is 9.94. The zero-order valence-electron chi connectivity index (χ0n) is 21.9. The minimum absolute atomic E-state index is 0.145. The molecule has 0 saturated carbocycles. The van der Waals surface area contributed by atoms with E-state index >= 15 is 0 Å². The molecule has 6 rings (SSSR count). The van der Waals surface area contributed by atoms with Gasteiger partial charge in [0.05, 0.1) is 45.1 Å². The van der Waals surface area contributed by atoms with Gasteiger partial charge in [-0.05, 0) is 42.0 Å². The van der Waals surface area contributed by atoms with Crippen LogP contribution < -0.4 is 3.71 Å². The van der Waals surface area contributed by atoms with Crippen LogP contribution in [0.3, 0.4) is 0 Å². The lowest BCUT2D eigenvalue weighted by atomic mass is 10.1. The zero-order valence-corrected chi connectivity index (χ0v) is 23.5. The Kier molecular flexibility index (Phi) is 6.39. The van der Waals surface area contributed by atoms with Crippen LogP contribution in [0.2, 0.25) is 0 Å². The molecule has 11 nitrogen and oxygen atoms in total. The molecule has 6 aromatic rings. The van der Waals surface area contributed by atoms with E-state index in [1.54, 1.807) is 54.5 Å². The molecule has 0 amide bonds. The number of hydrogen-bond acceptors (Lipinski definition) is 8. The van der Waals surface area contributed by atoms with Crippen LogP contribution in [0, 0.1) is 0 Å². The van der Waals surface area contributed by atoms with Crippen molar-refractivity contribution < 1.29 is 16.8 Å². The Bertz CT molecular complexity index is 2040. The fourth-order valence-corrected chi connectivity index (χ4v) is 8.28. The first kappa shape index (κ1) is 26.3. The van der Waals surface area contributed by atoms with Crippen LogP contribution in [0.5, 0.6) is 0 Å². The van der Waals surface area contributed by atoms with E-state index in [0.29, 0.717) is 26.0 Å². The Morgan fingerprint density at radius 3 is 1.90 bits per heavy atom. The molecule has 0 radical (unpaired) electrons. The van der Waals surface area contributed by atoms with E-state index < -0.39 is 20.0 Å². The van der Waals surface area contributed by atoms with Gasteiger partial charge < -0.3 is 0 Å². The van der Waals surface area contributed by atoms with Crippen LogP contribution in [-0.2, 0) is 34.1 Å². The predicted molar refractivity (Wildman–Crippen MR) is 154 cm³/mol. The van der Waals surface area contributed by atoms with E-state index in [9.17, 15) is 16.8 Å². The van der Waals surface area contributed by atoms with Gasteiger partial charge >= 0.3 is 0 Å². The van der Waals surface area contributed by atoms with Gasteiger partial charge in [-0.2, -0.15) is 27.0 Å². The molecule has 0 aliphatic rings. The van der Waals surface area contributed by atoms with Gasteiger partial charge in [-0.25, -0.2) is 4.98 Å². The van der Waals surface area contributed by atoms with Crippen molar-refractivity contribution in [1.82, 2.24) is 29.5 Å². The molecule has 206 valence electrons. The van der Waals surface area contributed by atoms with Gasteiger partial charge in [-0.1, -0.05) is 42.5 Å². The molecule has 0 fully saturated rings. The first-order valence-electron chi connectivity index (χ1n) is 12.3. The third-order valence-corrected chi connectivity index (χ3v) is 10.6. The molecule has 0 spiro atoms. The van der Waals surface area contributed by atoms with E-state index in [1.165, 1.54) is 66.5 Å². The highest BCUT2D eigenvalue weighted by Crippen LogP contribution is 2.38. The summed E-state index contributed by atoms with van der Waals surface area (Å²) in [6.07, 6.45) is 6.58. The van der Waals surface area contributed by atoms with Crippen LogP contribution in [0.25, 0.3) is 33.4 Å². The first-order chi connectivity index (χ1) is 19.7. The van der Waals surface area contributed by atoms with Gasteiger partial charge in [0.2, 0.25) is 0 Å². The standard InChI is InChI=1S/C28H23N7O4S2/c1-33-19-21(16-30-33)27-18-29-25-14-13-20(15-26(25)32-27)24-17-31-34(2)28(24)35(40(36,37)22-9-5-3-6-10-22)41(38,39)23-11-7-4-8-12-23/h3-19H,1-2H3. The Labute approximate surface area is 236 Å². The van der Waals surface area contributed by atoms with Crippen LogP contribution in [-0.4, -0.2) is 46.4 Å². The second-order valence-corrected chi connectivity index (χ2v) is 13.0. The van der Waals surface area contributed by atoms with Crippen LogP contribution in [0.15, 0.2) is 113 Å². The monoisotopic (exact) mass is 585 g/mol. The van der Waals surface area contributed by atoms with Crippen molar-refractivity contribution in [2.75, 3.05) is 3.71 Å². The number of nitrogens with zero attached hydrogens (tertiary/aromatic N) is 7. The molecule has 0 aliphatic carbocycles. The number of aromatic nitrogens is 6. The van der Waals surface area contributed by atoms with Gasteiger partial charge in [0.15, 0.2) is 5.82 Å². The number of aryl methyl sites for hydroxylation is 2. The Morgan fingerprint density at radius 2 is 1.32 bits per heavy atom. The molecule has 0 bridgehead atoms. The summed E-state index contributed by atoms with van der Waals surface area (Å²) in [4.78, 5) is 8.86. The van der Waals surface area contributed by atoms with E-state index in [4.69, 9.17) is 4.98 Å². The van der Waals surface area contributed by atoms with Crippen molar-refractivity contribution in [3.05, 3.63) is 104 Å². The molecule has 0 aliphatic heterocycles. The van der Waals surface area contributed by atoms with Crippen LogP contribution >= 0.6 is 0 Å². The molecule has 0 saturated heterocycles. The summed E-state index contributed by atoms with van der Waals surface area (Å²) in [5.74, 6) is -0.145. The molecule has 0 N–H and O–H groups in total. The van der Waals surface area contributed by atoms with Crippen molar-refractivity contribution >= 4 is 36.9 Å². The van der Waals surface area contributed by atoms with Gasteiger partial charge in [0, 0.05) is 31.4 Å². The molecule has 3 aromatic heterocycles. The quantitative estimate of drug-likeness (QED) is 0.274. The predicted octanol–water partition coefficient (Wildman–Crippen LogP) is 4.02. The maximum absolute atomic E-state index is 14.1. The summed E-state index contributed by atoms with van der Waals surface area (Å²) in [5.41, 5.74) is 3.31. The van der Waals surface area contributed by atoms with E-state index in [-0.39, 0.29) is 21.2 Å². The summed E-state index contributed by atoms with van der Waals surface area (Å²) < 4.78 is 59.7. The van der Waals surface area contributed by atoms with Crippen molar-refractivity contribution in [3.8, 4) is 22.4 Å². The lowest BCUT2D eigenvalue weighted by Crippen LogP contribution is -2.38. The molecular formula is C28H23N7O4S2. The smallest absolute Gasteiger partial charge is 0.275 e. The van der Waals surface area contributed by atoms with E-state index in [0.717, 1.165) is 5.56 Å². The highest BCUT2D eigenvalue weighted by molar-refractivity contribution is 8.10. The Morgan fingerprint density at radius 1 is 0.683 bits per heavy atom. The number of sulfonamides is 2. The molecule has 0 atom stereocenters. The maximum Gasteiger partial charge on any atom is 0.279 e. The van der Waals surface area contributed by atoms with Gasteiger partial charge in [-0.15, -0.1) is 3.71 Å². The SMILES string of the molecule is Cn1cc(-c2cnc3ccc(-c4cnn(C)c4N(S(=O)(=O)c4ccccc4)S(=O)(=O)c4ccccc4)cc3n2)cn1. The summed E-state index contributed by atoms with van der Waals surface area (Å²) in [6.45, 7) is 0. The molecule has 0 unspecified atom stereocenters. The number of rotatable bonds is 7. The Hall–Kier alpha value is -4.88. The second-order valence-electron chi connectivity index (χ2n) is 9.20. The summed E-state index contributed by atoms with van der Waals surface area (Å²) >= 11 is 0. The highest BCUT2D eigenvalue weighted by Gasteiger charge is 2.40. The number of hydrogen-bond donors (Lipinski definition) is 0. The fourth-order valence-electron chi connectivity index (χ4n) is 4.46. The van der Waals surface area contributed by atoms with E-state index in [2.05, 4.69) is 15.2 Å². The summed E-state index contributed by atoms with van der Waals surface area (Å²) in [7, 11) is -5.94. The molecule has 13 heteroatoms. The lowest BCUT2D eigenvalue weighted by molar-refractivity contribution is 0.581. The third-order valence-electron chi connectivity index (χ3n) is 6.45. The van der Waals surface area contributed by atoms with E-state index in [1.807, 2.05) is 6.20 Å².